The minimum absolute atomic E-state index is 0.102. The van der Waals surface area contributed by atoms with Crippen LogP contribution >= 0.6 is 0 Å². The average molecular weight is 421 g/mol. The highest BCUT2D eigenvalue weighted by Crippen LogP contribution is 2.26. The number of likely N-dealkylation sites (tertiary alicyclic amines) is 1. The van der Waals surface area contributed by atoms with Crippen LogP contribution in [0.25, 0.3) is 0 Å². The molecule has 4 rings (SSSR count). The fourth-order valence-electron chi connectivity index (χ4n) is 4.00. The second kappa shape index (κ2) is 9.79. The van der Waals surface area contributed by atoms with Crippen molar-refractivity contribution in [2.24, 2.45) is 0 Å². The van der Waals surface area contributed by atoms with Crippen LogP contribution in [0.3, 0.4) is 0 Å². The van der Waals surface area contributed by atoms with Gasteiger partial charge in [0.15, 0.2) is 0 Å². The summed E-state index contributed by atoms with van der Waals surface area (Å²) < 4.78 is 26.1. The molecule has 3 aromatic rings. The van der Waals surface area contributed by atoms with Gasteiger partial charge in [-0.15, -0.1) is 0 Å². The van der Waals surface area contributed by atoms with Crippen LogP contribution < -0.4 is 5.32 Å². The monoisotopic (exact) mass is 421 g/mol. The zero-order valence-electron chi connectivity index (χ0n) is 17.2. The van der Waals surface area contributed by atoms with Crippen molar-refractivity contribution in [1.29, 1.82) is 0 Å². The largest absolute Gasteiger partial charge is 0.325 e. The number of hydrogen-bond donors (Lipinski definition) is 1. The summed E-state index contributed by atoms with van der Waals surface area (Å²) in [7, 11) is 0. The van der Waals surface area contributed by atoms with Gasteiger partial charge >= 0.3 is 0 Å². The van der Waals surface area contributed by atoms with Crippen molar-refractivity contribution >= 4 is 11.6 Å². The standard InChI is InChI=1S/C25H25F2N3O/c26-21-6-3-18(4-7-21)14-19-5-12-24(28-15-19)20-2-1-13-30(16-20)17-25(31)29-23-10-8-22(27)9-11-23/h3-12,15,20H,1-2,13-14,16-17H2,(H,29,31)/t20-/m1/s1. The van der Waals surface area contributed by atoms with Crippen LogP contribution in [-0.2, 0) is 11.2 Å². The Morgan fingerprint density at radius 3 is 2.32 bits per heavy atom. The maximum atomic E-state index is 13.1. The summed E-state index contributed by atoms with van der Waals surface area (Å²) in [5.74, 6) is -0.374. The van der Waals surface area contributed by atoms with Crippen molar-refractivity contribution in [3.63, 3.8) is 0 Å². The molecule has 0 saturated carbocycles. The number of carbonyl (C=O) groups is 1. The summed E-state index contributed by atoms with van der Waals surface area (Å²) in [4.78, 5) is 19.2. The summed E-state index contributed by atoms with van der Waals surface area (Å²) in [5, 5.41) is 2.82. The summed E-state index contributed by atoms with van der Waals surface area (Å²) in [6.07, 6.45) is 4.65. The molecule has 1 aromatic heterocycles. The van der Waals surface area contributed by atoms with Gasteiger partial charge in [-0.3, -0.25) is 14.7 Å². The minimum atomic E-state index is -0.326. The number of anilines is 1. The molecule has 31 heavy (non-hydrogen) atoms. The molecule has 1 aliphatic heterocycles. The lowest BCUT2D eigenvalue weighted by Gasteiger charge is -2.32. The molecule has 1 fully saturated rings. The van der Waals surface area contributed by atoms with Crippen LogP contribution in [0.5, 0.6) is 0 Å². The molecule has 4 nitrogen and oxygen atoms in total. The molecule has 1 atom stereocenters. The fraction of sp³-hybridized carbons (Fsp3) is 0.280. The van der Waals surface area contributed by atoms with Gasteiger partial charge in [-0.25, -0.2) is 8.78 Å². The van der Waals surface area contributed by atoms with Crippen LogP contribution in [0.2, 0.25) is 0 Å². The van der Waals surface area contributed by atoms with Gasteiger partial charge in [0, 0.05) is 30.0 Å². The Kier molecular flexibility index (Phi) is 6.67. The molecule has 0 aliphatic carbocycles. The molecule has 0 bridgehead atoms. The highest BCUT2D eigenvalue weighted by molar-refractivity contribution is 5.92. The molecular formula is C25H25F2N3O. The van der Waals surface area contributed by atoms with Crippen LogP contribution in [0.15, 0.2) is 66.9 Å². The van der Waals surface area contributed by atoms with Gasteiger partial charge in [-0.1, -0.05) is 18.2 Å². The number of pyridine rings is 1. The van der Waals surface area contributed by atoms with E-state index in [4.69, 9.17) is 0 Å². The van der Waals surface area contributed by atoms with Crippen molar-refractivity contribution in [1.82, 2.24) is 9.88 Å². The Morgan fingerprint density at radius 1 is 0.968 bits per heavy atom. The first kappa shape index (κ1) is 21.1. The zero-order chi connectivity index (χ0) is 21.6. The van der Waals surface area contributed by atoms with E-state index in [-0.39, 0.29) is 23.5 Å². The normalized spacial score (nSPS) is 16.8. The van der Waals surface area contributed by atoms with Crippen LogP contribution in [0.4, 0.5) is 14.5 Å². The number of halogens is 2. The highest BCUT2D eigenvalue weighted by Gasteiger charge is 2.23. The predicted octanol–water partition coefficient (Wildman–Crippen LogP) is 4.77. The molecule has 0 spiro atoms. The Bertz CT molecular complexity index is 1000. The summed E-state index contributed by atoms with van der Waals surface area (Å²) in [5.41, 5.74) is 3.76. The molecule has 1 amide bonds. The molecule has 2 heterocycles. The maximum absolute atomic E-state index is 13.1. The van der Waals surface area contributed by atoms with E-state index in [1.165, 1.54) is 24.3 Å². The second-order valence-electron chi connectivity index (χ2n) is 8.02. The van der Waals surface area contributed by atoms with Gasteiger partial charge in [0.05, 0.1) is 6.54 Å². The van der Waals surface area contributed by atoms with Gasteiger partial charge in [0.2, 0.25) is 5.91 Å². The number of carbonyl (C=O) groups excluding carboxylic acids is 1. The topological polar surface area (TPSA) is 45.2 Å². The lowest BCUT2D eigenvalue weighted by Crippen LogP contribution is -2.40. The molecule has 6 heteroatoms. The number of hydrogen-bond acceptors (Lipinski definition) is 3. The van der Waals surface area contributed by atoms with E-state index in [0.717, 1.165) is 42.8 Å². The Hall–Kier alpha value is -3.12. The SMILES string of the molecule is O=C(CN1CCC[C@@H](c2ccc(Cc3ccc(F)cc3)cn2)C1)Nc1ccc(F)cc1. The molecule has 1 N–H and O–H groups in total. The lowest BCUT2D eigenvalue weighted by atomic mass is 9.93. The molecule has 1 aliphatic rings. The van der Waals surface area contributed by atoms with Crippen molar-refractivity contribution in [2.75, 3.05) is 25.0 Å². The van der Waals surface area contributed by atoms with E-state index in [2.05, 4.69) is 27.3 Å². The summed E-state index contributed by atoms with van der Waals surface area (Å²) in [6, 6.07) is 16.4. The number of piperidine rings is 1. The molecule has 0 unspecified atom stereocenters. The number of amides is 1. The summed E-state index contributed by atoms with van der Waals surface area (Å²) >= 11 is 0. The Morgan fingerprint density at radius 2 is 1.65 bits per heavy atom. The van der Waals surface area contributed by atoms with E-state index in [1.807, 2.05) is 6.20 Å². The number of nitrogens with zero attached hydrogens (tertiary/aromatic N) is 2. The Balaban J connectivity index is 1.31. The van der Waals surface area contributed by atoms with Gasteiger partial charge in [-0.2, -0.15) is 0 Å². The first-order valence-electron chi connectivity index (χ1n) is 10.5. The van der Waals surface area contributed by atoms with E-state index in [0.29, 0.717) is 18.7 Å². The number of benzene rings is 2. The van der Waals surface area contributed by atoms with E-state index in [1.54, 1.807) is 24.3 Å². The zero-order valence-corrected chi connectivity index (χ0v) is 17.2. The number of nitrogens with one attached hydrogen (secondary N) is 1. The predicted molar refractivity (Wildman–Crippen MR) is 117 cm³/mol. The second-order valence-corrected chi connectivity index (χ2v) is 8.02. The third-order valence-corrected chi connectivity index (χ3v) is 5.59. The highest BCUT2D eigenvalue weighted by atomic mass is 19.1. The van der Waals surface area contributed by atoms with Gasteiger partial charge in [-0.05, 0) is 79.4 Å². The van der Waals surface area contributed by atoms with Gasteiger partial charge < -0.3 is 5.32 Å². The lowest BCUT2D eigenvalue weighted by molar-refractivity contribution is -0.117. The molecule has 2 aromatic carbocycles. The first-order chi connectivity index (χ1) is 15.0. The van der Waals surface area contributed by atoms with Crippen molar-refractivity contribution < 1.29 is 13.6 Å². The van der Waals surface area contributed by atoms with E-state index in [9.17, 15) is 13.6 Å². The molecular weight excluding hydrogens is 396 g/mol. The fourth-order valence-corrected chi connectivity index (χ4v) is 4.00. The van der Waals surface area contributed by atoms with Gasteiger partial charge in [0.25, 0.3) is 0 Å². The number of aromatic nitrogens is 1. The quantitative estimate of drug-likeness (QED) is 0.624. The van der Waals surface area contributed by atoms with Crippen LogP contribution in [-0.4, -0.2) is 35.4 Å². The van der Waals surface area contributed by atoms with Crippen molar-refractivity contribution in [3.8, 4) is 0 Å². The van der Waals surface area contributed by atoms with Crippen LogP contribution in [0.1, 0.15) is 35.6 Å². The molecule has 160 valence electrons. The molecule has 1 saturated heterocycles. The van der Waals surface area contributed by atoms with Crippen molar-refractivity contribution in [3.05, 3.63) is 95.3 Å². The van der Waals surface area contributed by atoms with Gasteiger partial charge in [0.1, 0.15) is 11.6 Å². The van der Waals surface area contributed by atoms with E-state index >= 15 is 0 Å². The third kappa shape index (κ3) is 5.95. The Labute approximate surface area is 180 Å². The van der Waals surface area contributed by atoms with Crippen LogP contribution in [0, 0.1) is 11.6 Å². The van der Waals surface area contributed by atoms with Crippen molar-refractivity contribution in [2.45, 2.75) is 25.2 Å². The smallest absolute Gasteiger partial charge is 0.238 e. The average Bonchev–Trinajstić information content (AvgIpc) is 2.78. The minimum Gasteiger partial charge on any atom is -0.325 e. The maximum Gasteiger partial charge on any atom is 0.238 e. The molecule has 0 radical (unpaired) electrons. The third-order valence-electron chi connectivity index (χ3n) is 5.59. The first-order valence-corrected chi connectivity index (χ1v) is 10.5. The summed E-state index contributed by atoms with van der Waals surface area (Å²) in [6.45, 7) is 1.95. The van der Waals surface area contributed by atoms with E-state index < -0.39 is 0 Å². The number of rotatable bonds is 6.